The highest BCUT2D eigenvalue weighted by atomic mass is 35.5. The second-order valence-electron chi connectivity index (χ2n) is 4.87. The van der Waals surface area contributed by atoms with Crippen LogP contribution in [0.5, 0.6) is 0 Å². The maximum atomic E-state index is 6.18. The van der Waals surface area contributed by atoms with E-state index in [0.717, 1.165) is 10.9 Å². The summed E-state index contributed by atoms with van der Waals surface area (Å²) in [5, 5.41) is 12.0. The van der Waals surface area contributed by atoms with Crippen LogP contribution in [0.3, 0.4) is 0 Å². The molecule has 1 aromatic heterocycles. The summed E-state index contributed by atoms with van der Waals surface area (Å²) < 4.78 is 5.24. The minimum atomic E-state index is 0.0786. The van der Waals surface area contributed by atoms with Crippen molar-refractivity contribution in [2.75, 3.05) is 5.32 Å². The molecule has 0 aliphatic heterocycles. The van der Waals surface area contributed by atoms with E-state index in [-0.39, 0.29) is 6.04 Å². The van der Waals surface area contributed by atoms with Gasteiger partial charge in [0.05, 0.1) is 16.5 Å². The fourth-order valence-electron chi connectivity index (χ4n) is 2.20. The monoisotopic (exact) mass is 331 g/mol. The predicted octanol–water partition coefficient (Wildman–Crippen LogP) is 4.53. The van der Waals surface area contributed by atoms with Gasteiger partial charge < -0.3 is 15.2 Å². The summed E-state index contributed by atoms with van der Waals surface area (Å²) in [5.41, 5.74) is 1.77. The highest BCUT2D eigenvalue weighted by Gasteiger charge is 2.13. The smallest absolute Gasteiger partial charge is 0.185 e. The molecule has 1 atom stereocenters. The second kappa shape index (κ2) is 6.34. The fraction of sp³-hybridized carbons (Fsp3) is 0.125. The van der Waals surface area contributed by atoms with E-state index < -0.39 is 0 Å². The Morgan fingerprint density at radius 3 is 2.73 bits per heavy atom. The van der Waals surface area contributed by atoms with Gasteiger partial charge in [0.15, 0.2) is 16.5 Å². The Hall–Kier alpha value is -2.11. The third-order valence-corrected chi connectivity index (χ3v) is 3.86. The first-order valence-electron chi connectivity index (χ1n) is 6.81. The number of aromatic nitrogens is 1. The summed E-state index contributed by atoms with van der Waals surface area (Å²) in [4.78, 5) is 0. The first-order chi connectivity index (χ1) is 10.6. The van der Waals surface area contributed by atoms with Crippen molar-refractivity contribution in [3.05, 3.63) is 59.1 Å². The van der Waals surface area contributed by atoms with Gasteiger partial charge in [-0.05, 0) is 36.8 Å². The molecule has 0 aliphatic carbocycles. The summed E-state index contributed by atoms with van der Waals surface area (Å²) in [6.45, 7) is 2.04. The van der Waals surface area contributed by atoms with Gasteiger partial charge in [-0.25, -0.2) is 0 Å². The molecule has 3 aromatic rings. The SMILES string of the molecule is CC(NC(=S)Nc1noc2cccc(Cl)c12)c1ccccc1. The molecule has 0 amide bonds. The molecule has 22 heavy (non-hydrogen) atoms. The maximum Gasteiger partial charge on any atom is 0.185 e. The first-order valence-corrected chi connectivity index (χ1v) is 7.60. The molecule has 0 saturated heterocycles. The van der Waals surface area contributed by atoms with Gasteiger partial charge in [-0.15, -0.1) is 0 Å². The van der Waals surface area contributed by atoms with Crippen molar-refractivity contribution in [3.63, 3.8) is 0 Å². The van der Waals surface area contributed by atoms with Crippen molar-refractivity contribution in [1.82, 2.24) is 10.5 Å². The number of fused-ring (bicyclic) bond motifs is 1. The number of hydrogen-bond donors (Lipinski definition) is 2. The Bertz CT molecular complexity index is 804. The van der Waals surface area contributed by atoms with Gasteiger partial charge in [0, 0.05) is 0 Å². The number of anilines is 1. The summed E-state index contributed by atoms with van der Waals surface area (Å²) >= 11 is 11.5. The number of nitrogens with zero attached hydrogens (tertiary/aromatic N) is 1. The van der Waals surface area contributed by atoms with Crippen LogP contribution in [0.15, 0.2) is 53.1 Å². The average molecular weight is 332 g/mol. The number of rotatable bonds is 3. The van der Waals surface area contributed by atoms with Crippen LogP contribution in [0.25, 0.3) is 11.0 Å². The van der Waals surface area contributed by atoms with Gasteiger partial charge in [-0.3, -0.25) is 0 Å². The van der Waals surface area contributed by atoms with Crippen LogP contribution in [0.2, 0.25) is 5.02 Å². The Balaban J connectivity index is 1.74. The summed E-state index contributed by atoms with van der Waals surface area (Å²) in [7, 11) is 0. The lowest BCUT2D eigenvalue weighted by Gasteiger charge is -2.16. The van der Waals surface area contributed by atoms with Gasteiger partial charge in [-0.2, -0.15) is 0 Å². The highest BCUT2D eigenvalue weighted by Crippen LogP contribution is 2.29. The third-order valence-electron chi connectivity index (χ3n) is 3.33. The molecular weight excluding hydrogens is 318 g/mol. The van der Waals surface area contributed by atoms with Crippen LogP contribution in [0.4, 0.5) is 5.82 Å². The van der Waals surface area contributed by atoms with Crippen LogP contribution in [0.1, 0.15) is 18.5 Å². The number of halogens is 1. The molecule has 0 saturated carbocycles. The summed E-state index contributed by atoms with van der Waals surface area (Å²) in [6.07, 6.45) is 0. The van der Waals surface area contributed by atoms with E-state index in [1.165, 1.54) is 0 Å². The number of hydrogen-bond acceptors (Lipinski definition) is 3. The van der Waals surface area contributed by atoms with Crippen molar-refractivity contribution in [3.8, 4) is 0 Å². The normalized spacial score (nSPS) is 12.1. The van der Waals surface area contributed by atoms with Crippen molar-refractivity contribution < 1.29 is 4.52 Å². The largest absolute Gasteiger partial charge is 0.356 e. The fourth-order valence-corrected chi connectivity index (χ4v) is 2.73. The molecule has 6 heteroatoms. The number of benzene rings is 2. The number of thiocarbonyl (C=S) groups is 1. The lowest BCUT2D eigenvalue weighted by molar-refractivity contribution is 0.460. The van der Waals surface area contributed by atoms with Crippen LogP contribution >= 0.6 is 23.8 Å². The van der Waals surface area contributed by atoms with Crippen molar-refractivity contribution in [2.45, 2.75) is 13.0 Å². The quantitative estimate of drug-likeness (QED) is 0.691. The van der Waals surface area contributed by atoms with E-state index in [1.807, 2.05) is 49.4 Å². The molecule has 0 radical (unpaired) electrons. The van der Waals surface area contributed by atoms with E-state index in [9.17, 15) is 0 Å². The molecular formula is C16H14ClN3OS. The summed E-state index contributed by atoms with van der Waals surface area (Å²) in [5.74, 6) is 0.512. The van der Waals surface area contributed by atoms with Crippen molar-refractivity contribution in [1.29, 1.82) is 0 Å². The van der Waals surface area contributed by atoms with E-state index in [0.29, 0.717) is 21.5 Å². The van der Waals surface area contributed by atoms with Crippen LogP contribution < -0.4 is 10.6 Å². The van der Waals surface area contributed by atoms with E-state index >= 15 is 0 Å². The molecule has 2 N–H and O–H groups in total. The lowest BCUT2D eigenvalue weighted by Crippen LogP contribution is -2.31. The molecule has 112 valence electrons. The minimum absolute atomic E-state index is 0.0786. The molecule has 0 bridgehead atoms. The number of nitrogens with one attached hydrogen (secondary N) is 2. The Kier molecular flexibility index (Phi) is 4.27. The topological polar surface area (TPSA) is 50.1 Å². The maximum absolute atomic E-state index is 6.18. The van der Waals surface area contributed by atoms with Gasteiger partial charge in [-0.1, -0.05) is 53.2 Å². The van der Waals surface area contributed by atoms with Crippen LogP contribution in [-0.2, 0) is 0 Å². The van der Waals surface area contributed by atoms with E-state index in [4.69, 9.17) is 28.3 Å². The van der Waals surface area contributed by atoms with Gasteiger partial charge >= 0.3 is 0 Å². The highest BCUT2D eigenvalue weighted by molar-refractivity contribution is 7.80. The predicted molar refractivity (Wildman–Crippen MR) is 93.2 cm³/mol. The first kappa shape index (κ1) is 14.8. The summed E-state index contributed by atoms with van der Waals surface area (Å²) in [6, 6.07) is 15.5. The third kappa shape index (κ3) is 3.05. The van der Waals surface area contributed by atoms with Gasteiger partial charge in [0.2, 0.25) is 0 Å². The Labute approximate surface area is 138 Å². The molecule has 0 spiro atoms. The zero-order valence-electron chi connectivity index (χ0n) is 11.8. The van der Waals surface area contributed by atoms with Gasteiger partial charge in [0.1, 0.15) is 0 Å². The zero-order valence-corrected chi connectivity index (χ0v) is 13.4. The molecule has 2 aromatic carbocycles. The molecule has 0 aliphatic rings. The van der Waals surface area contributed by atoms with Crippen LogP contribution in [0, 0.1) is 0 Å². The lowest BCUT2D eigenvalue weighted by atomic mass is 10.1. The van der Waals surface area contributed by atoms with E-state index in [1.54, 1.807) is 6.07 Å². The second-order valence-corrected chi connectivity index (χ2v) is 5.69. The molecule has 3 rings (SSSR count). The van der Waals surface area contributed by atoms with Crippen LogP contribution in [-0.4, -0.2) is 10.3 Å². The Morgan fingerprint density at radius 1 is 1.18 bits per heavy atom. The minimum Gasteiger partial charge on any atom is -0.356 e. The molecule has 1 unspecified atom stereocenters. The van der Waals surface area contributed by atoms with E-state index in [2.05, 4.69) is 15.8 Å². The average Bonchev–Trinajstić information content (AvgIpc) is 2.92. The van der Waals surface area contributed by atoms with Crippen molar-refractivity contribution in [2.24, 2.45) is 0 Å². The zero-order chi connectivity index (χ0) is 15.5. The molecule has 0 fully saturated rings. The Morgan fingerprint density at radius 2 is 1.95 bits per heavy atom. The van der Waals surface area contributed by atoms with Crippen molar-refractivity contribution >= 4 is 45.7 Å². The van der Waals surface area contributed by atoms with Gasteiger partial charge in [0.25, 0.3) is 0 Å². The standard InChI is InChI=1S/C16H14ClN3OS/c1-10(11-6-3-2-4-7-11)18-16(22)19-15-14-12(17)8-5-9-13(14)21-20-15/h2-10H,1H3,(H2,18,19,20,22). The molecule has 4 nitrogen and oxygen atoms in total. The molecule has 1 heterocycles.